The lowest BCUT2D eigenvalue weighted by Gasteiger charge is -2.01. The maximum Gasteiger partial charge on any atom is 0.160 e. The molecule has 0 radical (unpaired) electrons. The Bertz CT molecular complexity index is 499. The molecule has 2 rings (SSSR count). The maximum absolute atomic E-state index is 10.7. The van der Waals surface area contributed by atoms with Crippen molar-refractivity contribution >= 4 is 17.6 Å². The number of aromatic nitrogens is 2. The van der Waals surface area contributed by atoms with E-state index in [9.17, 15) is 4.79 Å². The van der Waals surface area contributed by atoms with E-state index in [1.807, 2.05) is 30.1 Å². The average Bonchev–Trinajstić information content (AvgIpc) is 2.85. The molecule has 0 amide bonds. The van der Waals surface area contributed by atoms with Crippen molar-refractivity contribution in [2.75, 3.05) is 0 Å². The van der Waals surface area contributed by atoms with Gasteiger partial charge in [0.15, 0.2) is 6.29 Å². The molecule has 84 valence electrons. The molecule has 2 heterocycles. The van der Waals surface area contributed by atoms with Crippen LogP contribution in [0.3, 0.4) is 0 Å². The lowest BCUT2D eigenvalue weighted by atomic mass is 10.2. The minimum atomic E-state index is 0.751. The van der Waals surface area contributed by atoms with Crippen LogP contribution in [-0.2, 0) is 13.0 Å². The first kappa shape index (κ1) is 11.1. The standard InChI is InChI=1S/C12H14N2OS/c1-3-12-10(4-11(8-15)16-12)7-14-6-9(2)5-13-14/h4-6,8H,3,7H2,1-2H3. The number of carbonyl (C=O) groups is 1. The largest absolute Gasteiger partial charge is 0.297 e. The molecule has 0 aliphatic rings. The number of rotatable bonds is 4. The van der Waals surface area contributed by atoms with Crippen LogP contribution in [0.4, 0.5) is 0 Å². The Balaban J connectivity index is 2.26. The molecule has 0 unspecified atom stereocenters. The van der Waals surface area contributed by atoms with Gasteiger partial charge in [-0.1, -0.05) is 6.92 Å². The quantitative estimate of drug-likeness (QED) is 0.762. The highest BCUT2D eigenvalue weighted by Gasteiger charge is 2.08. The van der Waals surface area contributed by atoms with Gasteiger partial charge in [0.2, 0.25) is 0 Å². The van der Waals surface area contributed by atoms with Gasteiger partial charge in [-0.3, -0.25) is 9.48 Å². The summed E-state index contributed by atoms with van der Waals surface area (Å²) in [6.45, 7) is 4.88. The summed E-state index contributed by atoms with van der Waals surface area (Å²) in [6, 6.07) is 1.97. The summed E-state index contributed by atoms with van der Waals surface area (Å²) in [5, 5.41) is 4.25. The summed E-state index contributed by atoms with van der Waals surface area (Å²) >= 11 is 1.58. The third kappa shape index (κ3) is 2.22. The van der Waals surface area contributed by atoms with Crippen molar-refractivity contribution in [1.82, 2.24) is 9.78 Å². The fourth-order valence-electron chi connectivity index (χ4n) is 1.71. The van der Waals surface area contributed by atoms with E-state index in [0.29, 0.717) is 0 Å². The molecule has 0 spiro atoms. The van der Waals surface area contributed by atoms with Crippen LogP contribution >= 0.6 is 11.3 Å². The van der Waals surface area contributed by atoms with Gasteiger partial charge < -0.3 is 0 Å². The predicted octanol–water partition coefficient (Wildman–Crippen LogP) is 2.68. The van der Waals surface area contributed by atoms with E-state index in [-0.39, 0.29) is 0 Å². The number of carbonyl (C=O) groups excluding carboxylic acids is 1. The van der Waals surface area contributed by atoms with Gasteiger partial charge in [0, 0.05) is 11.1 Å². The molecular formula is C12H14N2OS. The van der Waals surface area contributed by atoms with Crippen LogP contribution in [0, 0.1) is 6.92 Å². The van der Waals surface area contributed by atoms with Gasteiger partial charge in [-0.05, 0) is 30.5 Å². The molecule has 2 aromatic heterocycles. The van der Waals surface area contributed by atoms with Gasteiger partial charge in [0.1, 0.15) is 0 Å². The Morgan fingerprint density at radius 3 is 2.94 bits per heavy atom. The Morgan fingerprint density at radius 1 is 1.56 bits per heavy atom. The van der Waals surface area contributed by atoms with Crippen LogP contribution in [0.5, 0.6) is 0 Å². The molecule has 16 heavy (non-hydrogen) atoms. The molecule has 0 aliphatic carbocycles. The van der Waals surface area contributed by atoms with Crippen molar-refractivity contribution in [3.63, 3.8) is 0 Å². The lowest BCUT2D eigenvalue weighted by molar-refractivity contribution is 0.112. The van der Waals surface area contributed by atoms with E-state index in [4.69, 9.17) is 0 Å². The topological polar surface area (TPSA) is 34.9 Å². The highest BCUT2D eigenvalue weighted by Crippen LogP contribution is 2.22. The van der Waals surface area contributed by atoms with Crippen molar-refractivity contribution in [3.8, 4) is 0 Å². The minimum absolute atomic E-state index is 0.751. The molecule has 2 aromatic rings. The zero-order valence-corrected chi connectivity index (χ0v) is 10.3. The number of thiophene rings is 1. The van der Waals surface area contributed by atoms with Crippen LogP contribution in [0.15, 0.2) is 18.5 Å². The second kappa shape index (κ2) is 4.61. The SMILES string of the molecule is CCc1sc(C=O)cc1Cn1cc(C)cn1. The second-order valence-corrected chi connectivity index (χ2v) is 4.95. The summed E-state index contributed by atoms with van der Waals surface area (Å²) in [7, 11) is 0. The fourth-order valence-corrected chi connectivity index (χ4v) is 2.64. The van der Waals surface area contributed by atoms with Crippen LogP contribution in [0.25, 0.3) is 0 Å². The van der Waals surface area contributed by atoms with E-state index in [1.165, 1.54) is 10.4 Å². The number of aryl methyl sites for hydroxylation is 2. The number of hydrogen-bond donors (Lipinski definition) is 0. The Labute approximate surface area is 98.7 Å². The van der Waals surface area contributed by atoms with Crippen molar-refractivity contribution in [1.29, 1.82) is 0 Å². The maximum atomic E-state index is 10.7. The second-order valence-electron chi connectivity index (χ2n) is 3.78. The molecule has 0 aliphatic heterocycles. The molecule has 3 nitrogen and oxygen atoms in total. The summed E-state index contributed by atoms with van der Waals surface area (Å²) < 4.78 is 1.91. The zero-order chi connectivity index (χ0) is 11.5. The normalized spacial score (nSPS) is 10.6. The van der Waals surface area contributed by atoms with E-state index in [1.54, 1.807) is 11.3 Å². The molecule has 0 saturated carbocycles. The molecular weight excluding hydrogens is 220 g/mol. The van der Waals surface area contributed by atoms with Gasteiger partial charge in [-0.15, -0.1) is 11.3 Å². The van der Waals surface area contributed by atoms with Gasteiger partial charge in [0.25, 0.3) is 0 Å². The number of aldehydes is 1. The van der Waals surface area contributed by atoms with Crippen molar-refractivity contribution in [2.45, 2.75) is 26.8 Å². The number of hydrogen-bond acceptors (Lipinski definition) is 3. The zero-order valence-electron chi connectivity index (χ0n) is 9.43. The summed E-state index contributed by atoms with van der Waals surface area (Å²) in [5.41, 5.74) is 2.36. The van der Waals surface area contributed by atoms with Crippen molar-refractivity contribution in [2.24, 2.45) is 0 Å². The molecule has 4 heteroatoms. The summed E-state index contributed by atoms with van der Waals surface area (Å²) in [6.07, 6.45) is 5.74. The Kier molecular flexibility index (Phi) is 3.19. The van der Waals surface area contributed by atoms with Crippen molar-refractivity contribution in [3.05, 3.63) is 39.3 Å². The first-order valence-electron chi connectivity index (χ1n) is 5.28. The van der Waals surface area contributed by atoms with Crippen LogP contribution in [0.2, 0.25) is 0 Å². The first-order valence-corrected chi connectivity index (χ1v) is 6.10. The smallest absolute Gasteiger partial charge is 0.160 e. The summed E-state index contributed by atoms with van der Waals surface area (Å²) in [5.74, 6) is 0. The van der Waals surface area contributed by atoms with Crippen LogP contribution < -0.4 is 0 Å². The van der Waals surface area contributed by atoms with Crippen LogP contribution in [-0.4, -0.2) is 16.1 Å². The van der Waals surface area contributed by atoms with E-state index < -0.39 is 0 Å². The molecule has 0 N–H and O–H groups in total. The number of nitrogens with zero attached hydrogens (tertiary/aromatic N) is 2. The van der Waals surface area contributed by atoms with Gasteiger partial charge >= 0.3 is 0 Å². The van der Waals surface area contributed by atoms with Gasteiger partial charge in [-0.2, -0.15) is 5.10 Å². The fraction of sp³-hybridized carbons (Fsp3) is 0.333. The van der Waals surface area contributed by atoms with E-state index in [0.717, 1.165) is 29.7 Å². The Morgan fingerprint density at radius 2 is 2.38 bits per heavy atom. The first-order chi connectivity index (χ1) is 7.72. The third-order valence-electron chi connectivity index (χ3n) is 2.45. The highest BCUT2D eigenvalue weighted by atomic mass is 32.1. The molecule has 0 bridgehead atoms. The highest BCUT2D eigenvalue weighted by molar-refractivity contribution is 7.13. The van der Waals surface area contributed by atoms with Gasteiger partial charge in [0.05, 0.1) is 17.6 Å². The average molecular weight is 234 g/mol. The predicted molar refractivity (Wildman–Crippen MR) is 65.2 cm³/mol. The lowest BCUT2D eigenvalue weighted by Crippen LogP contribution is -2.00. The van der Waals surface area contributed by atoms with Crippen LogP contribution in [0.1, 0.15) is 32.6 Å². The van der Waals surface area contributed by atoms with E-state index in [2.05, 4.69) is 12.0 Å². The monoisotopic (exact) mass is 234 g/mol. The minimum Gasteiger partial charge on any atom is -0.297 e. The molecule has 0 aromatic carbocycles. The Hall–Kier alpha value is -1.42. The third-order valence-corrected chi connectivity index (χ3v) is 3.69. The summed E-state index contributed by atoms with van der Waals surface area (Å²) in [4.78, 5) is 12.8. The molecule has 0 saturated heterocycles. The van der Waals surface area contributed by atoms with Crippen molar-refractivity contribution < 1.29 is 4.79 Å². The molecule has 0 atom stereocenters. The van der Waals surface area contributed by atoms with Gasteiger partial charge in [-0.25, -0.2) is 0 Å². The molecule has 0 fully saturated rings. The van der Waals surface area contributed by atoms with E-state index >= 15 is 0 Å².